The number of hydrogen-bond acceptors (Lipinski definition) is 4. The number of esters is 1. The van der Waals surface area contributed by atoms with E-state index in [1.807, 2.05) is 0 Å². The molecule has 0 spiro atoms. The Morgan fingerprint density at radius 1 is 1.36 bits per heavy atom. The summed E-state index contributed by atoms with van der Waals surface area (Å²) in [6.07, 6.45) is -7.32. The number of alkyl halides is 4. The summed E-state index contributed by atoms with van der Waals surface area (Å²) in [4.78, 5) is 11.2. The Morgan fingerprint density at radius 3 is 2.41 bits per heavy atom. The van der Waals surface area contributed by atoms with E-state index < -0.39 is 36.1 Å². The molecule has 0 saturated heterocycles. The van der Waals surface area contributed by atoms with Crippen molar-refractivity contribution in [3.63, 3.8) is 0 Å². The predicted molar refractivity (Wildman–Crippen MR) is 68.8 cm³/mol. The number of ether oxygens (including phenoxy) is 2. The molecule has 0 fully saturated rings. The van der Waals surface area contributed by atoms with Crippen LogP contribution in [-0.2, 0) is 9.53 Å². The lowest BCUT2D eigenvalue weighted by atomic mass is 10.0. The zero-order valence-corrected chi connectivity index (χ0v) is 12.0. The summed E-state index contributed by atoms with van der Waals surface area (Å²) < 4.78 is 70.8. The minimum atomic E-state index is -5.06. The van der Waals surface area contributed by atoms with E-state index in [-0.39, 0.29) is 24.6 Å². The first kappa shape index (κ1) is 20.4. The van der Waals surface area contributed by atoms with Crippen LogP contribution in [0, 0.1) is 5.82 Å². The second-order valence-electron chi connectivity index (χ2n) is 3.92. The van der Waals surface area contributed by atoms with Crippen molar-refractivity contribution >= 4 is 18.4 Å². The minimum absolute atomic E-state index is 0. The van der Waals surface area contributed by atoms with Crippen LogP contribution in [0.2, 0.25) is 0 Å². The van der Waals surface area contributed by atoms with Crippen molar-refractivity contribution in [2.75, 3.05) is 6.61 Å². The van der Waals surface area contributed by atoms with Crippen LogP contribution in [0.15, 0.2) is 18.2 Å². The summed E-state index contributed by atoms with van der Waals surface area (Å²) in [5, 5.41) is 0. The average Bonchev–Trinajstić information content (AvgIpc) is 2.38. The van der Waals surface area contributed by atoms with Crippen molar-refractivity contribution in [3.05, 3.63) is 29.6 Å². The van der Waals surface area contributed by atoms with Gasteiger partial charge in [0.15, 0.2) is 11.6 Å². The number of hydrogen-bond donors (Lipinski definition) is 1. The van der Waals surface area contributed by atoms with Crippen LogP contribution < -0.4 is 10.5 Å². The fraction of sp³-hybridized carbons (Fsp3) is 0.417. The minimum Gasteiger partial charge on any atom is -0.464 e. The Morgan fingerprint density at radius 2 is 1.95 bits per heavy atom. The molecule has 0 aliphatic carbocycles. The van der Waals surface area contributed by atoms with E-state index in [1.54, 1.807) is 0 Å². The number of nitrogens with two attached hydrogens (primary N) is 1. The molecule has 10 heteroatoms. The van der Waals surface area contributed by atoms with Crippen LogP contribution in [-0.4, -0.2) is 25.1 Å². The summed E-state index contributed by atoms with van der Waals surface area (Å²) in [5.41, 5.74) is 5.20. The molecule has 0 saturated carbocycles. The van der Waals surface area contributed by atoms with Gasteiger partial charge in [-0.15, -0.1) is 25.6 Å². The predicted octanol–water partition coefficient (Wildman–Crippen LogP) is 3.05. The number of halogens is 6. The van der Waals surface area contributed by atoms with E-state index in [0.29, 0.717) is 12.1 Å². The molecule has 1 aromatic rings. The molecule has 2 atom stereocenters. The van der Waals surface area contributed by atoms with Gasteiger partial charge in [0.25, 0.3) is 0 Å². The first-order valence-corrected chi connectivity index (χ1v) is 5.77. The molecule has 126 valence electrons. The van der Waals surface area contributed by atoms with Gasteiger partial charge in [-0.1, -0.05) is 6.07 Å². The summed E-state index contributed by atoms with van der Waals surface area (Å²) in [7, 11) is 0. The molecule has 0 heterocycles. The second-order valence-corrected chi connectivity index (χ2v) is 3.92. The maximum absolute atomic E-state index is 13.6. The highest BCUT2D eigenvalue weighted by Gasteiger charge is 2.33. The van der Waals surface area contributed by atoms with Gasteiger partial charge in [0.1, 0.15) is 0 Å². The molecule has 2 N–H and O–H groups in total. The second kappa shape index (κ2) is 8.14. The first-order chi connectivity index (χ1) is 9.65. The van der Waals surface area contributed by atoms with Crippen molar-refractivity contribution in [2.45, 2.75) is 25.5 Å². The normalized spacial score (nSPS) is 13.8. The van der Waals surface area contributed by atoms with Gasteiger partial charge in [0.2, 0.25) is 6.17 Å². The van der Waals surface area contributed by atoms with E-state index in [4.69, 9.17) is 5.73 Å². The van der Waals surface area contributed by atoms with Gasteiger partial charge in [0, 0.05) is 0 Å². The van der Waals surface area contributed by atoms with Gasteiger partial charge in [-0.05, 0) is 24.6 Å². The molecule has 0 aliphatic heterocycles. The largest absolute Gasteiger partial charge is 0.573 e. The number of rotatable bonds is 5. The van der Waals surface area contributed by atoms with Crippen molar-refractivity contribution in [1.82, 2.24) is 0 Å². The molecular formula is C12H13ClF5NO3. The Labute approximate surface area is 128 Å². The Hall–Kier alpha value is -1.61. The van der Waals surface area contributed by atoms with E-state index in [0.717, 1.165) is 6.07 Å². The summed E-state index contributed by atoms with van der Waals surface area (Å²) >= 11 is 0. The lowest BCUT2D eigenvalue weighted by molar-refractivity contribution is -0.275. The maximum Gasteiger partial charge on any atom is 0.573 e. The molecular weight excluding hydrogens is 337 g/mol. The van der Waals surface area contributed by atoms with Crippen LogP contribution in [0.1, 0.15) is 18.5 Å². The fourth-order valence-electron chi connectivity index (χ4n) is 1.47. The SMILES string of the molecule is CCOC(=O)C(F)[C@@H](N)c1ccc(OC(F)(F)F)c(F)c1.Cl. The zero-order chi connectivity index (χ0) is 16.2. The number of benzene rings is 1. The topological polar surface area (TPSA) is 61.5 Å². The van der Waals surface area contributed by atoms with Gasteiger partial charge in [-0.3, -0.25) is 0 Å². The van der Waals surface area contributed by atoms with Crippen molar-refractivity contribution in [3.8, 4) is 5.75 Å². The van der Waals surface area contributed by atoms with Gasteiger partial charge in [-0.2, -0.15) is 0 Å². The Kier molecular flexibility index (Phi) is 7.54. The Bertz CT molecular complexity index is 512. The third-order valence-electron chi connectivity index (χ3n) is 2.39. The number of carbonyl (C=O) groups excluding carboxylic acids is 1. The lowest BCUT2D eigenvalue weighted by Gasteiger charge is -2.17. The lowest BCUT2D eigenvalue weighted by Crippen LogP contribution is -2.31. The van der Waals surface area contributed by atoms with Crippen molar-refractivity contribution in [2.24, 2.45) is 5.73 Å². The van der Waals surface area contributed by atoms with E-state index in [9.17, 15) is 26.7 Å². The van der Waals surface area contributed by atoms with Gasteiger partial charge in [0.05, 0.1) is 12.6 Å². The molecule has 4 nitrogen and oxygen atoms in total. The van der Waals surface area contributed by atoms with E-state index in [2.05, 4.69) is 9.47 Å². The highest BCUT2D eigenvalue weighted by molar-refractivity contribution is 5.85. The third kappa shape index (κ3) is 5.64. The molecule has 0 bridgehead atoms. The van der Waals surface area contributed by atoms with Crippen LogP contribution in [0.3, 0.4) is 0 Å². The third-order valence-corrected chi connectivity index (χ3v) is 2.39. The van der Waals surface area contributed by atoms with Gasteiger partial charge in [-0.25, -0.2) is 13.6 Å². The zero-order valence-electron chi connectivity index (χ0n) is 11.2. The molecule has 22 heavy (non-hydrogen) atoms. The van der Waals surface area contributed by atoms with Crippen LogP contribution in [0.25, 0.3) is 0 Å². The average molecular weight is 350 g/mol. The highest BCUT2D eigenvalue weighted by Crippen LogP contribution is 2.28. The maximum atomic E-state index is 13.6. The van der Waals surface area contributed by atoms with Crippen LogP contribution in [0.4, 0.5) is 22.0 Å². The van der Waals surface area contributed by atoms with Crippen molar-refractivity contribution < 1.29 is 36.2 Å². The summed E-state index contributed by atoms with van der Waals surface area (Å²) in [5.74, 6) is -3.69. The van der Waals surface area contributed by atoms with Crippen LogP contribution in [0.5, 0.6) is 5.75 Å². The number of carbonyl (C=O) groups is 1. The van der Waals surface area contributed by atoms with E-state index in [1.165, 1.54) is 6.92 Å². The first-order valence-electron chi connectivity index (χ1n) is 5.77. The molecule has 0 amide bonds. The Balaban J connectivity index is 0.00000441. The smallest absolute Gasteiger partial charge is 0.464 e. The molecule has 1 unspecified atom stereocenters. The monoisotopic (exact) mass is 349 g/mol. The molecule has 0 aliphatic rings. The summed E-state index contributed by atoms with van der Waals surface area (Å²) in [6.45, 7) is 1.39. The van der Waals surface area contributed by atoms with Crippen molar-refractivity contribution in [1.29, 1.82) is 0 Å². The molecule has 1 rings (SSSR count). The fourth-order valence-corrected chi connectivity index (χ4v) is 1.47. The highest BCUT2D eigenvalue weighted by atomic mass is 35.5. The van der Waals surface area contributed by atoms with Crippen LogP contribution >= 0.6 is 12.4 Å². The summed E-state index contributed by atoms with van der Waals surface area (Å²) in [6, 6.07) is 0.576. The van der Waals surface area contributed by atoms with Gasteiger partial charge >= 0.3 is 12.3 Å². The van der Waals surface area contributed by atoms with Gasteiger partial charge < -0.3 is 15.2 Å². The molecule has 0 aromatic heterocycles. The quantitative estimate of drug-likeness (QED) is 0.655. The van der Waals surface area contributed by atoms with E-state index >= 15 is 0 Å². The molecule has 0 radical (unpaired) electrons. The molecule has 1 aromatic carbocycles. The standard InChI is InChI=1S/C12H12F5NO3.ClH/c1-2-20-11(19)9(14)10(18)6-3-4-8(7(13)5-6)21-12(15,16)17;/h3-5,9-10H,2,18H2,1H3;1H/t9?,10-;/m0./s1.